The first-order valence-corrected chi connectivity index (χ1v) is 8.48. The molecule has 1 saturated heterocycles. The van der Waals surface area contributed by atoms with E-state index in [-0.39, 0.29) is 11.8 Å². The van der Waals surface area contributed by atoms with Crippen LogP contribution in [0.25, 0.3) is 10.9 Å². The summed E-state index contributed by atoms with van der Waals surface area (Å²) >= 11 is 0. The van der Waals surface area contributed by atoms with Crippen molar-refractivity contribution in [2.24, 2.45) is 0 Å². The molecule has 3 rings (SSSR count). The molecule has 0 unspecified atom stereocenters. The fourth-order valence-corrected chi connectivity index (χ4v) is 2.86. The highest BCUT2D eigenvalue weighted by Gasteiger charge is 2.19. The van der Waals surface area contributed by atoms with Crippen molar-refractivity contribution in [3.8, 4) is 0 Å². The Hall–Kier alpha value is -2.06. The number of nitrogens with zero attached hydrogens (tertiary/aromatic N) is 1. The largest absolute Gasteiger partial charge is 0.372 e. The van der Waals surface area contributed by atoms with Crippen molar-refractivity contribution in [2.75, 3.05) is 37.4 Å². The third-order valence-corrected chi connectivity index (χ3v) is 4.08. The van der Waals surface area contributed by atoms with Gasteiger partial charge in [-0.05, 0) is 24.3 Å². The topological polar surface area (TPSA) is 94.3 Å². The van der Waals surface area contributed by atoms with Crippen molar-refractivity contribution in [3.05, 3.63) is 30.0 Å². The molecule has 0 saturated carbocycles. The van der Waals surface area contributed by atoms with Gasteiger partial charge < -0.3 is 20.5 Å². The van der Waals surface area contributed by atoms with Crippen LogP contribution in [0.5, 0.6) is 0 Å². The van der Waals surface area contributed by atoms with Crippen LogP contribution in [0.2, 0.25) is 0 Å². The van der Waals surface area contributed by atoms with Crippen LogP contribution in [0.4, 0.5) is 5.69 Å². The van der Waals surface area contributed by atoms with Gasteiger partial charge in [0.05, 0.1) is 0 Å². The van der Waals surface area contributed by atoms with Crippen molar-refractivity contribution in [2.45, 2.75) is 0 Å². The van der Waals surface area contributed by atoms with E-state index in [1.807, 2.05) is 23.1 Å². The van der Waals surface area contributed by atoms with Crippen LogP contribution >= 0.6 is 0 Å². The van der Waals surface area contributed by atoms with Gasteiger partial charge in [0, 0.05) is 42.8 Å². The van der Waals surface area contributed by atoms with Gasteiger partial charge in [-0.1, -0.05) is 0 Å². The number of aromatic amines is 1. The zero-order chi connectivity index (χ0) is 15.5. The molecule has 1 amide bonds. The highest BCUT2D eigenvalue weighted by molar-refractivity contribution is 7.72. The van der Waals surface area contributed by atoms with E-state index < -0.39 is 10.7 Å². The fourth-order valence-electron chi connectivity index (χ4n) is 2.55. The summed E-state index contributed by atoms with van der Waals surface area (Å²) in [5, 5.41) is 6.92. The average Bonchev–Trinajstić information content (AvgIpc) is 2.96. The molecule has 2 heterocycles. The highest BCUT2D eigenvalue weighted by Crippen LogP contribution is 2.21. The molecule has 7 nitrogen and oxygen atoms in total. The molecule has 118 valence electrons. The molecule has 22 heavy (non-hydrogen) atoms. The number of nitrogens with one attached hydrogen (secondary N) is 3. The van der Waals surface area contributed by atoms with Gasteiger partial charge in [0.2, 0.25) is 0 Å². The van der Waals surface area contributed by atoms with Crippen LogP contribution in [-0.4, -0.2) is 56.3 Å². The summed E-state index contributed by atoms with van der Waals surface area (Å²) in [5.74, 6) is -0.104. The summed E-state index contributed by atoms with van der Waals surface area (Å²) in [6, 6.07) is 7.27. The summed E-state index contributed by atoms with van der Waals surface area (Å²) in [6.45, 7) is 3.04. The zero-order valence-corrected chi connectivity index (χ0v) is 12.9. The molecule has 8 heteroatoms. The van der Waals surface area contributed by atoms with Crippen LogP contribution in [-0.2, 0) is 10.7 Å². The molecule has 1 aromatic heterocycles. The van der Waals surface area contributed by atoms with E-state index >= 15 is 0 Å². The lowest BCUT2D eigenvalue weighted by atomic mass is 10.2. The number of hydrogen-bond donors (Lipinski definition) is 4. The molecule has 0 spiro atoms. The van der Waals surface area contributed by atoms with E-state index in [1.54, 1.807) is 6.07 Å². The summed E-state index contributed by atoms with van der Waals surface area (Å²) in [6.07, 6.45) is 0. The molecule has 1 aliphatic heterocycles. The molecule has 2 aromatic rings. The Morgan fingerprint density at radius 2 is 2.00 bits per heavy atom. The van der Waals surface area contributed by atoms with Crippen molar-refractivity contribution in [1.29, 1.82) is 0 Å². The van der Waals surface area contributed by atoms with Crippen molar-refractivity contribution < 1.29 is 13.2 Å². The van der Waals surface area contributed by atoms with Crippen LogP contribution in [0, 0.1) is 0 Å². The third kappa shape index (κ3) is 3.23. The second-order valence-electron chi connectivity index (χ2n) is 5.19. The Labute approximate surface area is 129 Å². The van der Waals surface area contributed by atoms with Crippen LogP contribution in [0.3, 0.4) is 0 Å². The first-order valence-electron chi connectivity index (χ1n) is 7.12. The van der Waals surface area contributed by atoms with Gasteiger partial charge in [0.25, 0.3) is 5.91 Å². The molecule has 1 aliphatic rings. The first kappa shape index (κ1) is 14.9. The number of carbonyl (C=O) groups is 1. The minimum atomic E-state index is -2.47. The number of aromatic nitrogens is 1. The Kier molecular flexibility index (Phi) is 4.30. The Morgan fingerprint density at radius 3 is 2.73 bits per heavy atom. The van der Waals surface area contributed by atoms with E-state index in [9.17, 15) is 13.2 Å². The second kappa shape index (κ2) is 6.37. The van der Waals surface area contributed by atoms with Gasteiger partial charge in [-0.3, -0.25) is 4.79 Å². The summed E-state index contributed by atoms with van der Waals surface area (Å²) in [4.78, 5) is 17.4. The average molecular weight is 322 g/mol. The smallest absolute Gasteiger partial charge is 0.270 e. The number of amides is 1. The van der Waals surface area contributed by atoms with Crippen LogP contribution < -0.4 is 10.6 Å². The van der Waals surface area contributed by atoms with E-state index in [4.69, 9.17) is 0 Å². The standard InChI is InChI=1S/C14H18N4O3S/c19-14(18-5-3-15-4-6-18)13-8-10-7-11(16-9-22(20)21)1-2-12(10)17-13/h1-2,7-8,15-17,22H,3-6,9H2. The fraction of sp³-hybridized carbons (Fsp3) is 0.357. The third-order valence-electron chi connectivity index (χ3n) is 3.67. The maximum absolute atomic E-state index is 12.4. The van der Waals surface area contributed by atoms with Gasteiger partial charge in [-0.2, -0.15) is 0 Å². The van der Waals surface area contributed by atoms with Crippen LogP contribution in [0.1, 0.15) is 10.5 Å². The van der Waals surface area contributed by atoms with E-state index in [0.29, 0.717) is 24.5 Å². The summed E-state index contributed by atoms with van der Waals surface area (Å²) in [5.41, 5.74) is 2.13. The molecule has 0 bridgehead atoms. The number of H-pyrrole nitrogens is 1. The zero-order valence-electron chi connectivity index (χ0n) is 12.0. The molecule has 3 N–H and O–H groups in total. The van der Waals surface area contributed by atoms with E-state index in [1.165, 1.54) is 0 Å². The minimum absolute atomic E-state index is 0.00477. The predicted molar refractivity (Wildman–Crippen MR) is 85.9 cm³/mol. The monoisotopic (exact) mass is 322 g/mol. The predicted octanol–water partition coefficient (Wildman–Crippen LogP) is 0.194. The Morgan fingerprint density at radius 1 is 1.23 bits per heavy atom. The summed E-state index contributed by atoms with van der Waals surface area (Å²) in [7, 11) is -2.47. The molecule has 0 aliphatic carbocycles. The lowest BCUT2D eigenvalue weighted by Gasteiger charge is -2.26. The number of thiol groups is 1. The Bertz CT molecular complexity index is 755. The van der Waals surface area contributed by atoms with Crippen LogP contribution in [0.15, 0.2) is 24.3 Å². The van der Waals surface area contributed by atoms with Gasteiger partial charge in [-0.15, -0.1) is 0 Å². The lowest BCUT2D eigenvalue weighted by Crippen LogP contribution is -2.46. The number of anilines is 1. The second-order valence-corrected chi connectivity index (χ2v) is 6.18. The molecule has 1 fully saturated rings. The van der Waals surface area contributed by atoms with Crippen molar-refractivity contribution >= 4 is 33.2 Å². The SMILES string of the molecule is O=C(c1cc2cc(NC[SH](=O)=O)ccc2[nH]1)N1CCNCC1. The molecule has 1 aromatic carbocycles. The number of hydrogen-bond acceptors (Lipinski definition) is 5. The molecule has 0 radical (unpaired) electrons. The highest BCUT2D eigenvalue weighted by atomic mass is 32.2. The van der Waals surface area contributed by atoms with Gasteiger partial charge >= 0.3 is 0 Å². The molecular formula is C14H18N4O3S. The van der Waals surface area contributed by atoms with Gasteiger partial charge in [0.1, 0.15) is 11.6 Å². The van der Waals surface area contributed by atoms with Gasteiger partial charge in [0.15, 0.2) is 10.7 Å². The van der Waals surface area contributed by atoms with Crippen molar-refractivity contribution in [1.82, 2.24) is 15.2 Å². The first-order chi connectivity index (χ1) is 10.6. The van der Waals surface area contributed by atoms with E-state index in [2.05, 4.69) is 15.6 Å². The number of carbonyl (C=O) groups excluding carboxylic acids is 1. The number of rotatable bonds is 4. The molecular weight excluding hydrogens is 304 g/mol. The normalized spacial score (nSPS) is 15.4. The quantitative estimate of drug-likeness (QED) is 0.603. The number of fused-ring (bicyclic) bond motifs is 1. The van der Waals surface area contributed by atoms with E-state index in [0.717, 1.165) is 24.0 Å². The summed E-state index contributed by atoms with van der Waals surface area (Å²) < 4.78 is 21.2. The van der Waals surface area contributed by atoms with Gasteiger partial charge in [-0.25, -0.2) is 8.42 Å². The minimum Gasteiger partial charge on any atom is -0.372 e. The maximum Gasteiger partial charge on any atom is 0.270 e. The number of piperazine rings is 1. The maximum atomic E-state index is 12.4. The number of benzene rings is 1. The molecule has 0 atom stereocenters. The lowest BCUT2D eigenvalue weighted by molar-refractivity contribution is 0.0731. The van der Waals surface area contributed by atoms with Crippen molar-refractivity contribution in [3.63, 3.8) is 0 Å². The Balaban J connectivity index is 1.81.